The van der Waals surface area contributed by atoms with Gasteiger partial charge in [0.15, 0.2) is 12.1 Å². The standard InChI is InChI=1S/C12H14N2O3/c1-12(2)11(16)14(17)10(13-12)9(15)8-6-4-3-5-7-8/h3-7,11,16-17H,1-2H3. The summed E-state index contributed by atoms with van der Waals surface area (Å²) in [6.07, 6.45) is -1.20. The van der Waals surface area contributed by atoms with Crippen molar-refractivity contribution < 1.29 is 15.1 Å². The lowest BCUT2D eigenvalue weighted by atomic mass is 10.1. The fourth-order valence-electron chi connectivity index (χ4n) is 1.67. The third-order valence-corrected chi connectivity index (χ3v) is 2.71. The van der Waals surface area contributed by atoms with Crippen LogP contribution in [0, 0.1) is 0 Å². The Morgan fingerprint density at radius 3 is 2.41 bits per heavy atom. The quantitative estimate of drug-likeness (QED) is 0.751. The minimum atomic E-state index is -1.20. The second-order valence-electron chi connectivity index (χ2n) is 4.50. The number of hydrogen-bond donors (Lipinski definition) is 2. The van der Waals surface area contributed by atoms with Gasteiger partial charge >= 0.3 is 0 Å². The summed E-state index contributed by atoms with van der Waals surface area (Å²) in [6, 6.07) is 8.52. The van der Waals surface area contributed by atoms with Crippen LogP contribution >= 0.6 is 0 Å². The van der Waals surface area contributed by atoms with Crippen LogP contribution in [0.2, 0.25) is 0 Å². The Kier molecular flexibility index (Phi) is 2.73. The van der Waals surface area contributed by atoms with Gasteiger partial charge in [-0.3, -0.25) is 15.0 Å². The maximum Gasteiger partial charge on any atom is 0.230 e. The zero-order valence-electron chi connectivity index (χ0n) is 9.66. The topological polar surface area (TPSA) is 73.1 Å². The van der Waals surface area contributed by atoms with Gasteiger partial charge in [0.25, 0.3) is 0 Å². The van der Waals surface area contributed by atoms with Gasteiger partial charge in [-0.15, -0.1) is 0 Å². The number of aliphatic hydroxyl groups is 1. The highest BCUT2D eigenvalue weighted by Crippen LogP contribution is 2.25. The molecule has 1 aromatic carbocycles. The van der Waals surface area contributed by atoms with Gasteiger partial charge in [-0.05, 0) is 13.8 Å². The minimum absolute atomic E-state index is 0.131. The molecule has 0 fully saturated rings. The molecule has 0 bridgehead atoms. The molecule has 1 aliphatic heterocycles. The number of hydrogen-bond acceptors (Lipinski definition) is 5. The van der Waals surface area contributed by atoms with E-state index in [0.717, 1.165) is 0 Å². The predicted octanol–water partition coefficient (Wildman–Crippen LogP) is 1.07. The number of amidine groups is 1. The number of hydroxylamine groups is 2. The van der Waals surface area contributed by atoms with Crippen molar-refractivity contribution in [2.45, 2.75) is 25.6 Å². The van der Waals surface area contributed by atoms with Gasteiger partial charge in [0, 0.05) is 5.56 Å². The van der Waals surface area contributed by atoms with E-state index in [1.54, 1.807) is 44.2 Å². The van der Waals surface area contributed by atoms with Crippen molar-refractivity contribution in [3.05, 3.63) is 35.9 Å². The lowest BCUT2D eigenvalue weighted by molar-refractivity contribution is -0.145. The molecule has 2 rings (SSSR count). The Hall–Kier alpha value is -1.72. The summed E-state index contributed by atoms with van der Waals surface area (Å²) in [5.41, 5.74) is -0.468. The Labute approximate surface area is 99.0 Å². The fraction of sp³-hybridized carbons (Fsp3) is 0.333. The Bertz CT molecular complexity index is 468. The maximum atomic E-state index is 12.0. The van der Waals surface area contributed by atoms with E-state index in [2.05, 4.69) is 4.99 Å². The number of Topliss-reactive ketones (excluding diaryl/α,β-unsaturated/α-hetero) is 1. The van der Waals surface area contributed by atoms with Crippen molar-refractivity contribution in [2.24, 2.45) is 4.99 Å². The van der Waals surface area contributed by atoms with Crippen LogP contribution in [0.5, 0.6) is 0 Å². The van der Waals surface area contributed by atoms with Gasteiger partial charge in [0.1, 0.15) is 5.54 Å². The van der Waals surface area contributed by atoms with Crippen LogP contribution in [0.15, 0.2) is 35.3 Å². The molecule has 1 aromatic rings. The van der Waals surface area contributed by atoms with Crippen LogP contribution < -0.4 is 0 Å². The highest BCUT2D eigenvalue weighted by Gasteiger charge is 2.43. The number of nitrogens with zero attached hydrogens (tertiary/aromatic N) is 2. The lowest BCUT2D eigenvalue weighted by Crippen LogP contribution is -2.43. The minimum Gasteiger partial charge on any atom is -0.369 e. The number of benzene rings is 1. The number of carbonyl (C=O) groups is 1. The second-order valence-corrected chi connectivity index (χ2v) is 4.50. The van der Waals surface area contributed by atoms with Gasteiger partial charge in [-0.2, -0.15) is 0 Å². The molecule has 90 valence electrons. The molecule has 1 atom stereocenters. The molecule has 5 heteroatoms. The van der Waals surface area contributed by atoms with Crippen LogP contribution in [-0.4, -0.2) is 38.8 Å². The van der Waals surface area contributed by atoms with Gasteiger partial charge in [-0.25, -0.2) is 5.06 Å². The lowest BCUT2D eigenvalue weighted by Gasteiger charge is -2.22. The molecule has 17 heavy (non-hydrogen) atoms. The molecular formula is C12H14N2O3. The van der Waals surface area contributed by atoms with Crippen molar-refractivity contribution in [1.82, 2.24) is 5.06 Å². The first-order valence-electron chi connectivity index (χ1n) is 5.29. The summed E-state index contributed by atoms with van der Waals surface area (Å²) in [5, 5.41) is 19.9. The first-order chi connectivity index (χ1) is 7.93. The molecule has 0 aromatic heterocycles. The van der Waals surface area contributed by atoms with E-state index in [1.807, 2.05) is 0 Å². The number of aliphatic hydroxyl groups excluding tert-OH is 1. The van der Waals surface area contributed by atoms with E-state index >= 15 is 0 Å². The average molecular weight is 234 g/mol. The zero-order valence-corrected chi connectivity index (χ0v) is 9.66. The van der Waals surface area contributed by atoms with Crippen molar-refractivity contribution in [1.29, 1.82) is 0 Å². The molecule has 1 heterocycles. The van der Waals surface area contributed by atoms with Gasteiger partial charge in [0.05, 0.1) is 0 Å². The monoisotopic (exact) mass is 234 g/mol. The highest BCUT2D eigenvalue weighted by atomic mass is 16.5. The van der Waals surface area contributed by atoms with Crippen LogP contribution in [0.1, 0.15) is 24.2 Å². The SMILES string of the molecule is CC1(C)N=C(C(=O)c2ccccc2)N(O)C1O. The third-order valence-electron chi connectivity index (χ3n) is 2.71. The van der Waals surface area contributed by atoms with E-state index in [0.29, 0.717) is 10.6 Å². The molecular weight excluding hydrogens is 220 g/mol. The molecule has 0 saturated heterocycles. The summed E-state index contributed by atoms with van der Waals surface area (Å²) < 4.78 is 0. The Balaban J connectivity index is 2.34. The predicted molar refractivity (Wildman–Crippen MR) is 61.9 cm³/mol. The van der Waals surface area contributed by atoms with Gasteiger partial charge in [0.2, 0.25) is 5.78 Å². The highest BCUT2D eigenvalue weighted by molar-refractivity contribution is 6.45. The summed E-state index contributed by atoms with van der Waals surface area (Å²) in [5.74, 6) is -0.536. The molecule has 0 saturated carbocycles. The van der Waals surface area contributed by atoms with Crippen LogP contribution in [-0.2, 0) is 0 Å². The smallest absolute Gasteiger partial charge is 0.230 e. The molecule has 0 spiro atoms. The third kappa shape index (κ3) is 1.94. The molecule has 1 unspecified atom stereocenters. The molecule has 0 amide bonds. The summed E-state index contributed by atoms with van der Waals surface area (Å²) >= 11 is 0. The summed E-state index contributed by atoms with van der Waals surface area (Å²) in [4.78, 5) is 16.1. The Morgan fingerprint density at radius 1 is 1.35 bits per heavy atom. The molecule has 0 radical (unpaired) electrons. The number of aliphatic imine (C=N–C) groups is 1. The zero-order chi connectivity index (χ0) is 12.6. The van der Waals surface area contributed by atoms with Crippen molar-refractivity contribution in [2.75, 3.05) is 0 Å². The van der Waals surface area contributed by atoms with Gasteiger partial charge < -0.3 is 5.11 Å². The summed E-state index contributed by atoms with van der Waals surface area (Å²) in [6.45, 7) is 3.29. The number of rotatable bonds is 2. The number of carbonyl (C=O) groups excluding carboxylic acids is 1. The van der Waals surface area contributed by atoms with Crippen LogP contribution in [0.4, 0.5) is 0 Å². The summed E-state index contributed by atoms with van der Waals surface area (Å²) in [7, 11) is 0. The average Bonchev–Trinajstić information content (AvgIpc) is 2.53. The van der Waals surface area contributed by atoms with Crippen molar-refractivity contribution in [3.8, 4) is 0 Å². The molecule has 1 aliphatic rings. The van der Waals surface area contributed by atoms with E-state index < -0.39 is 17.6 Å². The Morgan fingerprint density at radius 2 is 1.94 bits per heavy atom. The normalized spacial score (nSPS) is 22.5. The first-order valence-corrected chi connectivity index (χ1v) is 5.29. The van der Waals surface area contributed by atoms with Crippen molar-refractivity contribution >= 4 is 11.6 Å². The van der Waals surface area contributed by atoms with Gasteiger partial charge in [-0.1, -0.05) is 30.3 Å². The number of ketones is 1. The van der Waals surface area contributed by atoms with Crippen LogP contribution in [0.3, 0.4) is 0 Å². The first kappa shape index (κ1) is 11.8. The van der Waals surface area contributed by atoms with Crippen molar-refractivity contribution in [3.63, 3.8) is 0 Å². The van der Waals surface area contributed by atoms with Crippen LogP contribution in [0.25, 0.3) is 0 Å². The molecule has 0 aliphatic carbocycles. The van der Waals surface area contributed by atoms with E-state index in [-0.39, 0.29) is 5.84 Å². The largest absolute Gasteiger partial charge is 0.369 e. The second kappa shape index (κ2) is 3.94. The molecule has 2 N–H and O–H groups in total. The molecule has 5 nitrogen and oxygen atoms in total. The fourth-order valence-corrected chi connectivity index (χ4v) is 1.67. The van der Waals surface area contributed by atoms with E-state index in [9.17, 15) is 15.1 Å². The van der Waals surface area contributed by atoms with E-state index in [1.165, 1.54) is 0 Å². The maximum absolute atomic E-state index is 12.0. The van der Waals surface area contributed by atoms with E-state index in [4.69, 9.17) is 0 Å².